The van der Waals surface area contributed by atoms with E-state index in [1.54, 1.807) is 0 Å². The number of anilines is 2. The first-order valence-corrected chi connectivity index (χ1v) is 5.41. The Morgan fingerprint density at radius 2 is 2.19 bits per heavy atom. The molecule has 1 amide bonds. The average molecular weight is 220 g/mol. The number of hydrogen-bond acceptors (Lipinski definition) is 3. The molecule has 0 aromatic heterocycles. The molecule has 0 spiro atoms. The molecule has 0 aliphatic carbocycles. The SMILES string of the molecule is CCC1Oc2c(C)cc(N)c(C)c2NC1=O. The van der Waals surface area contributed by atoms with Crippen molar-refractivity contribution in [3.8, 4) is 5.75 Å². The Kier molecular flexibility index (Phi) is 2.50. The first kappa shape index (κ1) is 10.8. The number of amides is 1. The minimum absolute atomic E-state index is 0.0944. The van der Waals surface area contributed by atoms with E-state index < -0.39 is 6.10 Å². The first-order valence-electron chi connectivity index (χ1n) is 5.41. The van der Waals surface area contributed by atoms with Crippen LogP contribution in [0.3, 0.4) is 0 Å². The molecule has 0 saturated carbocycles. The van der Waals surface area contributed by atoms with Gasteiger partial charge in [-0.25, -0.2) is 0 Å². The number of carbonyl (C=O) groups is 1. The van der Waals surface area contributed by atoms with Crippen LogP contribution in [0.15, 0.2) is 6.07 Å². The monoisotopic (exact) mass is 220 g/mol. The number of nitrogen functional groups attached to an aromatic ring is 1. The lowest BCUT2D eigenvalue weighted by atomic mass is 10.0. The van der Waals surface area contributed by atoms with E-state index >= 15 is 0 Å². The van der Waals surface area contributed by atoms with Gasteiger partial charge in [0.15, 0.2) is 6.10 Å². The second-order valence-electron chi connectivity index (χ2n) is 4.12. The normalized spacial score (nSPS) is 18.7. The van der Waals surface area contributed by atoms with Crippen molar-refractivity contribution in [3.63, 3.8) is 0 Å². The van der Waals surface area contributed by atoms with Crippen LogP contribution in [0.1, 0.15) is 24.5 Å². The molecular formula is C12H16N2O2. The van der Waals surface area contributed by atoms with Crippen LogP contribution in [0.2, 0.25) is 0 Å². The molecule has 4 heteroatoms. The Hall–Kier alpha value is -1.71. The molecule has 16 heavy (non-hydrogen) atoms. The molecule has 3 N–H and O–H groups in total. The van der Waals surface area contributed by atoms with Crippen molar-refractivity contribution in [2.24, 2.45) is 0 Å². The minimum Gasteiger partial charge on any atom is -0.478 e. The van der Waals surface area contributed by atoms with E-state index in [2.05, 4.69) is 5.32 Å². The summed E-state index contributed by atoms with van der Waals surface area (Å²) in [6.45, 7) is 5.73. The Bertz CT molecular complexity index is 455. The fourth-order valence-corrected chi connectivity index (χ4v) is 1.89. The van der Waals surface area contributed by atoms with Crippen molar-refractivity contribution in [1.82, 2.24) is 0 Å². The molecule has 4 nitrogen and oxygen atoms in total. The van der Waals surface area contributed by atoms with Gasteiger partial charge in [-0.2, -0.15) is 0 Å². The summed E-state index contributed by atoms with van der Waals surface area (Å²) in [5.41, 5.74) is 9.06. The summed E-state index contributed by atoms with van der Waals surface area (Å²) in [6, 6.07) is 1.87. The minimum atomic E-state index is -0.394. The van der Waals surface area contributed by atoms with E-state index in [9.17, 15) is 4.79 Å². The fraction of sp³-hybridized carbons (Fsp3) is 0.417. The summed E-state index contributed by atoms with van der Waals surface area (Å²) in [7, 11) is 0. The van der Waals surface area contributed by atoms with Crippen LogP contribution in [-0.2, 0) is 4.79 Å². The van der Waals surface area contributed by atoms with Gasteiger partial charge in [0.25, 0.3) is 5.91 Å². The number of nitrogens with two attached hydrogens (primary N) is 1. The van der Waals surface area contributed by atoms with Crippen LogP contribution in [-0.4, -0.2) is 12.0 Å². The number of aryl methyl sites for hydroxylation is 1. The number of carbonyl (C=O) groups excluding carboxylic acids is 1. The quantitative estimate of drug-likeness (QED) is 0.711. The van der Waals surface area contributed by atoms with Crippen molar-refractivity contribution in [3.05, 3.63) is 17.2 Å². The molecule has 0 fully saturated rings. The Labute approximate surface area is 94.8 Å². The summed E-state index contributed by atoms with van der Waals surface area (Å²) in [5, 5.41) is 2.87. The molecule has 2 rings (SSSR count). The molecule has 1 aromatic rings. The smallest absolute Gasteiger partial charge is 0.265 e. The molecule has 1 unspecified atom stereocenters. The number of fused-ring (bicyclic) bond motifs is 1. The van der Waals surface area contributed by atoms with Crippen LogP contribution in [0.5, 0.6) is 5.75 Å². The van der Waals surface area contributed by atoms with Crippen LogP contribution in [0, 0.1) is 13.8 Å². The third kappa shape index (κ3) is 1.50. The molecule has 1 aliphatic rings. The molecule has 86 valence electrons. The maximum absolute atomic E-state index is 11.7. The summed E-state index contributed by atoms with van der Waals surface area (Å²) in [6.07, 6.45) is 0.267. The summed E-state index contributed by atoms with van der Waals surface area (Å²) >= 11 is 0. The van der Waals surface area contributed by atoms with Gasteiger partial charge in [-0.3, -0.25) is 4.79 Å². The van der Waals surface area contributed by atoms with Gasteiger partial charge in [-0.05, 0) is 37.5 Å². The molecule has 1 heterocycles. The Balaban J connectivity index is 2.54. The lowest BCUT2D eigenvalue weighted by Crippen LogP contribution is -2.37. The predicted molar refractivity (Wildman–Crippen MR) is 63.7 cm³/mol. The molecule has 0 radical (unpaired) electrons. The van der Waals surface area contributed by atoms with Gasteiger partial charge in [0.1, 0.15) is 5.75 Å². The Morgan fingerprint density at radius 3 is 2.81 bits per heavy atom. The second kappa shape index (κ2) is 3.70. The van der Waals surface area contributed by atoms with Gasteiger partial charge in [0.2, 0.25) is 0 Å². The van der Waals surface area contributed by atoms with Gasteiger partial charge in [0, 0.05) is 5.69 Å². The molecule has 0 saturated heterocycles. The highest BCUT2D eigenvalue weighted by atomic mass is 16.5. The van der Waals surface area contributed by atoms with Crippen molar-refractivity contribution < 1.29 is 9.53 Å². The first-order chi connectivity index (χ1) is 7.54. The highest BCUT2D eigenvalue weighted by Crippen LogP contribution is 2.39. The lowest BCUT2D eigenvalue weighted by molar-refractivity contribution is -0.123. The predicted octanol–water partition coefficient (Wildman–Crippen LogP) is 2.00. The van der Waals surface area contributed by atoms with Crippen molar-refractivity contribution in [2.45, 2.75) is 33.3 Å². The molecule has 0 bridgehead atoms. The maximum atomic E-state index is 11.7. The second-order valence-corrected chi connectivity index (χ2v) is 4.12. The Morgan fingerprint density at radius 1 is 1.50 bits per heavy atom. The third-order valence-electron chi connectivity index (χ3n) is 2.94. The van der Waals surface area contributed by atoms with Crippen LogP contribution >= 0.6 is 0 Å². The van der Waals surface area contributed by atoms with E-state index in [1.165, 1.54) is 0 Å². The molecule has 1 aliphatic heterocycles. The highest BCUT2D eigenvalue weighted by molar-refractivity contribution is 5.99. The zero-order chi connectivity index (χ0) is 11.9. The lowest BCUT2D eigenvalue weighted by Gasteiger charge is -2.28. The number of ether oxygens (including phenoxy) is 1. The zero-order valence-electron chi connectivity index (χ0n) is 9.76. The van der Waals surface area contributed by atoms with E-state index in [0.29, 0.717) is 17.8 Å². The largest absolute Gasteiger partial charge is 0.478 e. The fourth-order valence-electron chi connectivity index (χ4n) is 1.89. The van der Waals surface area contributed by atoms with Gasteiger partial charge in [-0.15, -0.1) is 0 Å². The number of rotatable bonds is 1. The number of hydrogen-bond donors (Lipinski definition) is 2. The van der Waals surface area contributed by atoms with E-state index in [-0.39, 0.29) is 5.91 Å². The van der Waals surface area contributed by atoms with E-state index in [1.807, 2.05) is 26.8 Å². The van der Waals surface area contributed by atoms with Gasteiger partial charge in [-0.1, -0.05) is 6.92 Å². The van der Waals surface area contributed by atoms with Gasteiger partial charge in [0.05, 0.1) is 5.69 Å². The van der Waals surface area contributed by atoms with Crippen LogP contribution in [0.4, 0.5) is 11.4 Å². The topological polar surface area (TPSA) is 64.3 Å². The summed E-state index contributed by atoms with van der Waals surface area (Å²) in [4.78, 5) is 11.7. The standard InChI is InChI=1S/C12H16N2O2/c1-4-9-12(15)14-10-7(3)8(13)5-6(2)11(10)16-9/h5,9H,4,13H2,1-3H3,(H,14,15). The molecule has 1 aromatic carbocycles. The van der Waals surface area contributed by atoms with Gasteiger partial charge >= 0.3 is 0 Å². The van der Waals surface area contributed by atoms with Gasteiger partial charge < -0.3 is 15.8 Å². The summed E-state index contributed by atoms with van der Waals surface area (Å²) in [5.74, 6) is 0.654. The van der Waals surface area contributed by atoms with Crippen molar-refractivity contribution in [2.75, 3.05) is 11.1 Å². The third-order valence-corrected chi connectivity index (χ3v) is 2.94. The van der Waals surface area contributed by atoms with Crippen LogP contribution < -0.4 is 15.8 Å². The maximum Gasteiger partial charge on any atom is 0.265 e. The average Bonchev–Trinajstić information content (AvgIpc) is 2.25. The molecule has 1 atom stereocenters. The van der Waals surface area contributed by atoms with E-state index in [4.69, 9.17) is 10.5 Å². The number of nitrogens with one attached hydrogen (secondary N) is 1. The molecular weight excluding hydrogens is 204 g/mol. The highest BCUT2D eigenvalue weighted by Gasteiger charge is 2.28. The summed E-state index contributed by atoms with van der Waals surface area (Å²) < 4.78 is 5.69. The number of benzene rings is 1. The van der Waals surface area contributed by atoms with Crippen molar-refractivity contribution >= 4 is 17.3 Å². The van der Waals surface area contributed by atoms with Crippen LogP contribution in [0.25, 0.3) is 0 Å². The van der Waals surface area contributed by atoms with Crippen molar-refractivity contribution in [1.29, 1.82) is 0 Å². The van der Waals surface area contributed by atoms with E-state index in [0.717, 1.165) is 16.9 Å². The zero-order valence-corrected chi connectivity index (χ0v) is 9.76.